The average Bonchev–Trinajstić information content (AvgIpc) is 1.04. The summed E-state index contributed by atoms with van der Waals surface area (Å²) < 4.78 is 68.4. The van der Waals surface area contributed by atoms with Crippen molar-refractivity contribution in [1.82, 2.24) is 0 Å². The molecule has 0 aliphatic rings. The molecule has 0 aromatic carbocycles. The van der Waals surface area contributed by atoms with Gasteiger partial charge in [-0.2, -0.15) is 0 Å². The summed E-state index contributed by atoms with van der Waals surface area (Å²) in [5, 5.41) is 10.6. The van der Waals surface area contributed by atoms with Crippen LogP contribution in [0, 0.1) is 0 Å². The lowest BCUT2D eigenvalue weighted by atomic mass is 10.0. The number of carbonyl (C=O) groups is 4. The number of unbranched alkanes of at least 4 members (excludes halogenated alkanes) is 24. The SMILES string of the molecule is CC/C=C\C/C=C\C/C=C\C/C=C\CCCCC(=O)OCC(COP(=O)(O)OCC(O)COP(=O)(O)OCC(COC(=O)CCCC/C=C\C/C=C\C/C=C\C/C=C\CC)OC(=O)CCCCCCCCCCCCCCC)OC(=O)CCCCCCC/C=C\C/C=C\CCCCC. The molecule has 0 saturated carbocycles. The molecule has 0 amide bonds. The summed E-state index contributed by atoms with van der Waals surface area (Å²) in [5.41, 5.74) is 0. The molecule has 0 heterocycles. The number of rotatable bonds is 70. The topological polar surface area (TPSA) is 237 Å². The summed E-state index contributed by atoms with van der Waals surface area (Å²) >= 11 is 0. The molecular weight excluding hydrogens is 1280 g/mol. The molecule has 17 nitrogen and oxygen atoms in total. The predicted molar refractivity (Wildman–Crippen MR) is 399 cm³/mol. The molecule has 0 bridgehead atoms. The fourth-order valence-corrected chi connectivity index (χ4v) is 11.3. The third kappa shape index (κ3) is 69.9. The summed E-state index contributed by atoms with van der Waals surface area (Å²) in [6, 6.07) is 0. The van der Waals surface area contributed by atoms with E-state index in [0.29, 0.717) is 25.7 Å². The van der Waals surface area contributed by atoms with Crippen LogP contribution < -0.4 is 0 Å². The molecule has 0 aromatic rings. The van der Waals surface area contributed by atoms with Gasteiger partial charge in [0.05, 0.1) is 26.4 Å². The Balaban J connectivity index is 5.42. The molecule has 0 saturated heterocycles. The van der Waals surface area contributed by atoms with Gasteiger partial charge < -0.3 is 33.8 Å². The fraction of sp³-hybridized carbons (Fsp3) is 0.696. The van der Waals surface area contributed by atoms with Gasteiger partial charge in [0.2, 0.25) is 0 Å². The summed E-state index contributed by atoms with van der Waals surface area (Å²) in [7, 11) is -9.97. The molecule has 0 spiro atoms. The van der Waals surface area contributed by atoms with Crippen molar-refractivity contribution in [3.63, 3.8) is 0 Å². The smallest absolute Gasteiger partial charge is 0.462 e. The van der Waals surface area contributed by atoms with Gasteiger partial charge in [0.1, 0.15) is 19.3 Å². The lowest BCUT2D eigenvalue weighted by Gasteiger charge is -2.21. The second-order valence-corrected chi connectivity index (χ2v) is 27.7. The summed E-state index contributed by atoms with van der Waals surface area (Å²) in [6.45, 7) is 4.51. The van der Waals surface area contributed by atoms with Gasteiger partial charge in [-0.15, -0.1) is 0 Å². The standard InChI is InChI=1S/C79H134O17P2/c1-5-9-13-17-21-25-29-33-36-40-43-47-51-55-59-63-76(81)89-69-74(95-78(83)65-61-57-53-49-45-39-32-28-24-20-16-12-8-4)71-93-97(85,86)91-67-73(80)68-92-98(87,88)94-72-75(96-79(84)66-62-58-54-50-46-42-38-35-31-27-23-19-15-11-7-3)70-90-77(82)64-60-56-52-48-44-41-37-34-30-26-22-18-14-10-6-2/h9-10,13-14,21-23,25-27,33-38,43-44,47-48,73-75,80H,5-8,11-12,15-20,24,28-32,39-42,45-46,49-72H2,1-4H3,(H,85,86)(H,87,88)/b13-9-,14-10-,25-21-,26-22-,27-23-,36-33-,37-34-,38-35-,47-43-,48-44-. The molecule has 5 atom stereocenters. The zero-order chi connectivity index (χ0) is 71.8. The number of phosphoric ester groups is 2. The van der Waals surface area contributed by atoms with Crippen LogP contribution in [0.5, 0.6) is 0 Å². The highest BCUT2D eigenvalue weighted by atomic mass is 31.2. The number of esters is 4. The number of ether oxygens (including phenoxy) is 4. The Hall–Kier alpha value is -4.54. The normalized spacial score (nSPS) is 14.6. The van der Waals surface area contributed by atoms with E-state index in [1.54, 1.807) is 0 Å². The fourth-order valence-electron chi connectivity index (χ4n) is 9.70. The zero-order valence-electron chi connectivity index (χ0n) is 61.2. The molecule has 0 rings (SSSR count). The van der Waals surface area contributed by atoms with Crippen LogP contribution in [0.2, 0.25) is 0 Å². The molecule has 19 heteroatoms. The van der Waals surface area contributed by atoms with Crippen LogP contribution >= 0.6 is 15.6 Å². The van der Waals surface area contributed by atoms with E-state index in [9.17, 15) is 43.2 Å². The van der Waals surface area contributed by atoms with E-state index < -0.39 is 97.5 Å². The first-order valence-corrected chi connectivity index (χ1v) is 40.8. The highest BCUT2D eigenvalue weighted by Crippen LogP contribution is 2.45. The first-order valence-electron chi connectivity index (χ1n) is 37.8. The number of allylic oxidation sites excluding steroid dienone is 20. The van der Waals surface area contributed by atoms with E-state index in [1.165, 1.54) is 70.6 Å². The van der Waals surface area contributed by atoms with Gasteiger partial charge >= 0.3 is 39.5 Å². The second-order valence-electron chi connectivity index (χ2n) is 24.8. The second kappa shape index (κ2) is 70.9. The minimum atomic E-state index is -4.99. The molecule has 0 aromatic heterocycles. The Morgan fingerprint density at radius 3 is 0.857 bits per heavy atom. The van der Waals surface area contributed by atoms with Gasteiger partial charge in [-0.25, -0.2) is 9.13 Å². The minimum Gasteiger partial charge on any atom is -0.462 e. The van der Waals surface area contributed by atoms with Gasteiger partial charge in [-0.3, -0.25) is 37.3 Å². The van der Waals surface area contributed by atoms with Crippen LogP contribution in [-0.2, 0) is 65.4 Å². The average molecular weight is 1420 g/mol. The highest BCUT2D eigenvalue weighted by Gasteiger charge is 2.30. The molecule has 3 N–H and O–H groups in total. The summed E-state index contributed by atoms with van der Waals surface area (Å²) in [5.74, 6) is -2.28. The van der Waals surface area contributed by atoms with Gasteiger partial charge in [0.25, 0.3) is 0 Å². The molecule has 0 fully saturated rings. The number of carbonyl (C=O) groups excluding carboxylic acids is 4. The van der Waals surface area contributed by atoms with Gasteiger partial charge in [0.15, 0.2) is 12.2 Å². The van der Waals surface area contributed by atoms with Gasteiger partial charge in [-0.05, 0) is 135 Å². The number of hydrogen-bond acceptors (Lipinski definition) is 15. The minimum absolute atomic E-state index is 0.0670. The van der Waals surface area contributed by atoms with Crippen molar-refractivity contribution in [2.45, 2.75) is 316 Å². The molecule has 0 aliphatic heterocycles. The molecule has 5 unspecified atom stereocenters. The molecule has 562 valence electrons. The third-order valence-electron chi connectivity index (χ3n) is 15.4. The van der Waals surface area contributed by atoms with E-state index in [2.05, 4.69) is 149 Å². The zero-order valence-corrected chi connectivity index (χ0v) is 63.0. The number of aliphatic hydroxyl groups is 1. The molecule has 0 radical (unpaired) electrons. The first kappa shape index (κ1) is 93.5. The van der Waals surface area contributed by atoms with E-state index >= 15 is 0 Å². The van der Waals surface area contributed by atoms with Crippen molar-refractivity contribution in [1.29, 1.82) is 0 Å². The van der Waals surface area contributed by atoms with E-state index in [0.717, 1.165) is 148 Å². The Bertz CT molecular complexity index is 2340. The lowest BCUT2D eigenvalue weighted by Crippen LogP contribution is -2.30. The van der Waals surface area contributed by atoms with Crippen LogP contribution in [0.4, 0.5) is 0 Å². The Kier molecular flexibility index (Phi) is 67.6. The highest BCUT2D eigenvalue weighted by molar-refractivity contribution is 7.47. The van der Waals surface area contributed by atoms with Gasteiger partial charge in [-0.1, -0.05) is 258 Å². The van der Waals surface area contributed by atoms with Crippen molar-refractivity contribution in [2.24, 2.45) is 0 Å². The maximum Gasteiger partial charge on any atom is 0.472 e. The molecule has 0 aliphatic carbocycles. The molecule has 98 heavy (non-hydrogen) atoms. The van der Waals surface area contributed by atoms with Crippen molar-refractivity contribution >= 4 is 39.5 Å². The van der Waals surface area contributed by atoms with E-state index in [4.69, 9.17) is 37.0 Å². The summed E-state index contributed by atoms with van der Waals surface area (Å²) in [6.07, 6.45) is 76.3. The van der Waals surface area contributed by atoms with Crippen molar-refractivity contribution < 1.29 is 80.2 Å². The first-order chi connectivity index (χ1) is 47.7. The Morgan fingerprint density at radius 2 is 0.531 bits per heavy atom. The number of aliphatic hydroxyl groups excluding tert-OH is 1. The van der Waals surface area contributed by atoms with Crippen LogP contribution in [0.1, 0.15) is 297 Å². The van der Waals surface area contributed by atoms with Crippen molar-refractivity contribution in [2.75, 3.05) is 39.6 Å². The number of phosphoric acid groups is 2. The van der Waals surface area contributed by atoms with Crippen LogP contribution in [-0.4, -0.2) is 96.7 Å². The van der Waals surface area contributed by atoms with Gasteiger partial charge in [0, 0.05) is 25.7 Å². The Morgan fingerprint density at radius 1 is 0.296 bits per heavy atom. The predicted octanol–water partition coefficient (Wildman–Crippen LogP) is 21.6. The summed E-state index contributed by atoms with van der Waals surface area (Å²) in [4.78, 5) is 72.8. The monoisotopic (exact) mass is 1420 g/mol. The quantitative estimate of drug-likeness (QED) is 0.0169. The molecular formula is C79H134O17P2. The maximum atomic E-state index is 13.1. The third-order valence-corrected chi connectivity index (χ3v) is 17.3. The van der Waals surface area contributed by atoms with Crippen LogP contribution in [0.25, 0.3) is 0 Å². The van der Waals surface area contributed by atoms with Crippen molar-refractivity contribution in [3.05, 3.63) is 122 Å². The Labute approximate surface area is 593 Å². The largest absolute Gasteiger partial charge is 0.472 e. The maximum absolute atomic E-state index is 13.1. The van der Waals surface area contributed by atoms with Crippen LogP contribution in [0.3, 0.4) is 0 Å². The van der Waals surface area contributed by atoms with Crippen molar-refractivity contribution in [3.8, 4) is 0 Å². The lowest BCUT2D eigenvalue weighted by molar-refractivity contribution is -0.161. The van der Waals surface area contributed by atoms with E-state index in [1.807, 2.05) is 0 Å². The number of hydrogen-bond donors (Lipinski definition) is 3. The van der Waals surface area contributed by atoms with E-state index in [-0.39, 0.29) is 25.7 Å². The van der Waals surface area contributed by atoms with Crippen LogP contribution in [0.15, 0.2) is 122 Å².